The topological polar surface area (TPSA) is 69.7 Å². The van der Waals surface area contributed by atoms with Crippen molar-refractivity contribution >= 4 is 16.1 Å². The van der Waals surface area contributed by atoms with Gasteiger partial charge >= 0.3 is 5.97 Å². The Morgan fingerprint density at radius 1 is 0.824 bits per heavy atom. The molecule has 0 aliphatic carbocycles. The first-order valence-corrected chi connectivity index (χ1v) is 15.2. The van der Waals surface area contributed by atoms with Gasteiger partial charge in [0.05, 0.1) is 12.4 Å². The number of rotatable bonds is 18. The highest BCUT2D eigenvalue weighted by molar-refractivity contribution is 7.86. The van der Waals surface area contributed by atoms with Crippen molar-refractivity contribution in [2.45, 2.75) is 126 Å². The Labute approximate surface area is 211 Å². The van der Waals surface area contributed by atoms with Gasteiger partial charge in [0, 0.05) is 6.08 Å². The fourth-order valence-electron chi connectivity index (χ4n) is 4.63. The highest BCUT2D eigenvalue weighted by atomic mass is 32.2. The van der Waals surface area contributed by atoms with Crippen molar-refractivity contribution in [3.63, 3.8) is 0 Å². The Balaban J connectivity index is 4.83. The molecular weight excluding hydrogens is 448 g/mol. The lowest BCUT2D eigenvalue weighted by atomic mass is 9.91. The average molecular weight is 503 g/mol. The first-order chi connectivity index (χ1) is 15.6. The summed E-state index contributed by atoms with van der Waals surface area (Å²) in [4.78, 5) is 12.4. The second-order valence-corrected chi connectivity index (χ2v) is 13.3. The molecule has 5 nitrogen and oxygen atoms in total. The number of ether oxygens (including phenoxy) is 1. The number of esters is 1. The molecule has 0 N–H and O–H groups in total. The van der Waals surface area contributed by atoms with E-state index in [0.717, 1.165) is 36.5 Å². The van der Waals surface area contributed by atoms with Gasteiger partial charge in [0.15, 0.2) is 0 Å². The molecule has 0 aromatic rings. The van der Waals surface area contributed by atoms with Crippen LogP contribution < -0.4 is 0 Å². The molecule has 0 heterocycles. The molecule has 0 bridgehead atoms. The van der Waals surface area contributed by atoms with Crippen LogP contribution in [0.3, 0.4) is 0 Å². The van der Waals surface area contributed by atoms with Crippen LogP contribution in [-0.4, -0.2) is 32.9 Å². The summed E-state index contributed by atoms with van der Waals surface area (Å²) in [6.07, 6.45) is 10.3. The van der Waals surface area contributed by atoms with Gasteiger partial charge in [-0.05, 0) is 49.4 Å². The minimum absolute atomic E-state index is 0.146. The fraction of sp³-hybridized carbons (Fsp3) is 0.893. The summed E-state index contributed by atoms with van der Waals surface area (Å²) in [5, 5.41) is 0. The van der Waals surface area contributed by atoms with Crippen molar-refractivity contribution in [1.29, 1.82) is 0 Å². The van der Waals surface area contributed by atoms with E-state index in [0.29, 0.717) is 18.8 Å². The van der Waals surface area contributed by atoms with Gasteiger partial charge in [0.1, 0.15) is 6.10 Å². The molecule has 0 aliphatic rings. The molecule has 202 valence electrons. The third-order valence-corrected chi connectivity index (χ3v) is 6.95. The van der Waals surface area contributed by atoms with Crippen molar-refractivity contribution in [3.8, 4) is 0 Å². The second-order valence-electron chi connectivity index (χ2n) is 11.7. The van der Waals surface area contributed by atoms with Crippen LogP contribution in [0.5, 0.6) is 0 Å². The number of hydrogen-bond donors (Lipinski definition) is 0. The van der Waals surface area contributed by atoms with Crippen molar-refractivity contribution in [2.24, 2.45) is 29.6 Å². The standard InChI is InChI=1S/C28H54O5S/c1-20(2)13-11-14-23(7)15-12-16-24(8)17-26(33-34(10,30)31)18-25(9)19-27(29)32-28(21(3)4)22(5)6/h19-24,26,28H,11-18H2,1-10H3/b25-19+/t23-,24-,26?/m1/s1. The maximum atomic E-state index is 12.4. The zero-order valence-electron chi connectivity index (χ0n) is 23.7. The molecule has 0 aromatic heterocycles. The molecule has 3 atom stereocenters. The molecule has 0 amide bonds. The molecule has 0 aliphatic heterocycles. The summed E-state index contributed by atoms with van der Waals surface area (Å²) in [5.74, 6) is 1.94. The third kappa shape index (κ3) is 17.5. The van der Waals surface area contributed by atoms with E-state index in [1.54, 1.807) is 0 Å². The fourth-order valence-corrected chi connectivity index (χ4v) is 5.27. The summed E-state index contributed by atoms with van der Waals surface area (Å²) in [5.41, 5.74) is 0.774. The largest absolute Gasteiger partial charge is 0.459 e. The van der Waals surface area contributed by atoms with Gasteiger partial charge < -0.3 is 4.74 Å². The zero-order valence-corrected chi connectivity index (χ0v) is 24.5. The minimum Gasteiger partial charge on any atom is -0.459 e. The van der Waals surface area contributed by atoms with Gasteiger partial charge in [-0.15, -0.1) is 0 Å². The quantitative estimate of drug-likeness (QED) is 0.110. The third-order valence-electron chi connectivity index (χ3n) is 6.33. The van der Waals surface area contributed by atoms with E-state index >= 15 is 0 Å². The molecule has 0 rings (SSSR count). The van der Waals surface area contributed by atoms with Crippen LogP contribution in [0, 0.1) is 29.6 Å². The predicted molar refractivity (Wildman–Crippen MR) is 143 cm³/mol. The summed E-state index contributed by atoms with van der Waals surface area (Å²) >= 11 is 0. The van der Waals surface area contributed by atoms with Gasteiger partial charge in [-0.1, -0.05) is 99.5 Å². The van der Waals surface area contributed by atoms with E-state index < -0.39 is 16.2 Å². The van der Waals surface area contributed by atoms with Crippen LogP contribution in [0.1, 0.15) is 114 Å². The van der Waals surface area contributed by atoms with E-state index in [-0.39, 0.29) is 23.9 Å². The normalized spacial score (nSPS) is 15.9. The Morgan fingerprint density at radius 2 is 1.32 bits per heavy atom. The van der Waals surface area contributed by atoms with Crippen LogP contribution in [0.25, 0.3) is 0 Å². The SMILES string of the molecule is C/C(=C\C(=O)OC(C(C)C)C(C)C)CC(C[C@H](C)CCC[C@H](C)CCCC(C)C)OS(C)(=O)=O. The molecular formula is C28H54O5S. The van der Waals surface area contributed by atoms with Crippen LogP contribution in [-0.2, 0) is 23.8 Å². The van der Waals surface area contributed by atoms with Crippen LogP contribution in [0.15, 0.2) is 11.6 Å². The number of hydrogen-bond acceptors (Lipinski definition) is 5. The van der Waals surface area contributed by atoms with Gasteiger partial charge in [0.2, 0.25) is 0 Å². The van der Waals surface area contributed by atoms with Crippen molar-refractivity contribution in [3.05, 3.63) is 11.6 Å². The Hall–Kier alpha value is -0.880. The Kier molecular flexibility index (Phi) is 16.3. The number of carbonyl (C=O) groups is 1. The lowest BCUT2D eigenvalue weighted by Crippen LogP contribution is -2.28. The molecule has 1 unspecified atom stereocenters. The van der Waals surface area contributed by atoms with Crippen LogP contribution in [0.2, 0.25) is 0 Å². The average Bonchev–Trinajstić information content (AvgIpc) is 2.63. The minimum atomic E-state index is -3.58. The predicted octanol–water partition coefficient (Wildman–Crippen LogP) is 7.55. The van der Waals surface area contributed by atoms with E-state index in [1.165, 1.54) is 31.8 Å². The first-order valence-electron chi connectivity index (χ1n) is 13.4. The van der Waals surface area contributed by atoms with Crippen molar-refractivity contribution in [2.75, 3.05) is 6.26 Å². The summed E-state index contributed by atoms with van der Waals surface area (Å²) < 4.78 is 34.7. The second kappa shape index (κ2) is 16.7. The molecule has 6 heteroatoms. The molecule has 34 heavy (non-hydrogen) atoms. The van der Waals surface area contributed by atoms with Gasteiger partial charge in [-0.3, -0.25) is 4.18 Å². The lowest BCUT2D eigenvalue weighted by molar-refractivity contribution is -0.147. The summed E-state index contributed by atoms with van der Waals surface area (Å²) in [6, 6.07) is 0. The van der Waals surface area contributed by atoms with Crippen LogP contribution in [0.4, 0.5) is 0 Å². The summed E-state index contributed by atoms with van der Waals surface area (Å²) in [6.45, 7) is 19.0. The highest BCUT2D eigenvalue weighted by Crippen LogP contribution is 2.25. The molecule has 0 spiro atoms. The van der Waals surface area contributed by atoms with Gasteiger partial charge in [-0.25, -0.2) is 4.79 Å². The van der Waals surface area contributed by atoms with E-state index in [2.05, 4.69) is 27.7 Å². The Bertz CT molecular complexity index is 686. The first kappa shape index (κ1) is 33.1. The summed E-state index contributed by atoms with van der Waals surface area (Å²) in [7, 11) is -3.58. The maximum Gasteiger partial charge on any atom is 0.330 e. The van der Waals surface area contributed by atoms with E-state index in [1.807, 2.05) is 34.6 Å². The maximum absolute atomic E-state index is 12.4. The highest BCUT2D eigenvalue weighted by Gasteiger charge is 2.23. The smallest absolute Gasteiger partial charge is 0.330 e. The molecule has 0 fully saturated rings. The van der Waals surface area contributed by atoms with E-state index in [9.17, 15) is 13.2 Å². The molecule has 0 saturated carbocycles. The van der Waals surface area contributed by atoms with Gasteiger partial charge in [-0.2, -0.15) is 8.42 Å². The van der Waals surface area contributed by atoms with Crippen molar-refractivity contribution in [1.82, 2.24) is 0 Å². The lowest BCUT2D eigenvalue weighted by Gasteiger charge is -2.24. The Morgan fingerprint density at radius 3 is 1.79 bits per heavy atom. The molecule has 0 saturated heterocycles. The molecule has 0 radical (unpaired) electrons. The van der Waals surface area contributed by atoms with Crippen molar-refractivity contribution < 1.29 is 22.1 Å². The molecule has 0 aromatic carbocycles. The number of carbonyl (C=O) groups excluding carboxylic acids is 1. The van der Waals surface area contributed by atoms with Crippen LogP contribution >= 0.6 is 0 Å². The monoisotopic (exact) mass is 502 g/mol. The zero-order chi connectivity index (χ0) is 26.5. The van der Waals surface area contributed by atoms with Gasteiger partial charge in [0.25, 0.3) is 10.1 Å². The van der Waals surface area contributed by atoms with E-state index in [4.69, 9.17) is 8.92 Å².